The number of hydrogen-bond donors (Lipinski definition) is 0. The Hall–Kier alpha value is -2.81. The van der Waals surface area contributed by atoms with Crippen LogP contribution in [0.3, 0.4) is 0 Å². The molecule has 0 aliphatic carbocycles. The second kappa shape index (κ2) is 9.13. The van der Waals surface area contributed by atoms with Crippen molar-refractivity contribution in [1.82, 2.24) is 30.1 Å². The molecular formula is C20H22BrN7O. The van der Waals surface area contributed by atoms with E-state index in [1.54, 1.807) is 11.0 Å². The predicted molar refractivity (Wildman–Crippen MR) is 113 cm³/mol. The third-order valence-corrected chi connectivity index (χ3v) is 5.37. The van der Waals surface area contributed by atoms with E-state index in [1.165, 1.54) is 0 Å². The van der Waals surface area contributed by atoms with E-state index < -0.39 is 0 Å². The normalized spacial score (nSPS) is 14.2. The molecule has 1 saturated heterocycles. The molecule has 9 heteroatoms. The van der Waals surface area contributed by atoms with E-state index in [0.29, 0.717) is 25.2 Å². The van der Waals surface area contributed by atoms with Gasteiger partial charge in [-0.1, -0.05) is 30.3 Å². The Morgan fingerprint density at radius 2 is 1.83 bits per heavy atom. The van der Waals surface area contributed by atoms with Gasteiger partial charge in [-0.3, -0.25) is 4.79 Å². The van der Waals surface area contributed by atoms with Crippen LogP contribution in [0.4, 0.5) is 5.82 Å². The highest BCUT2D eigenvalue weighted by atomic mass is 79.9. The van der Waals surface area contributed by atoms with Crippen molar-refractivity contribution in [2.45, 2.75) is 19.4 Å². The highest BCUT2D eigenvalue weighted by Crippen LogP contribution is 2.17. The lowest BCUT2D eigenvalue weighted by Crippen LogP contribution is -2.49. The first-order valence-electron chi connectivity index (χ1n) is 9.66. The predicted octanol–water partition coefficient (Wildman–Crippen LogP) is 2.63. The summed E-state index contributed by atoms with van der Waals surface area (Å²) in [7, 11) is 0. The Balaban J connectivity index is 1.22. The van der Waals surface area contributed by atoms with E-state index in [1.807, 2.05) is 47.4 Å². The molecule has 1 aliphatic rings. The molecule has 0 radical (unpaired) electrons. The van der Waals surface area contributed by atoms with Gasteiger partial charge in [-0.2, -0.15) is 4.80 Å². The standard InChI is InChI=1S/C20H22BrN7O/c21-17-8-9-18(22-15-17)26-11-13-27(14-12-26)19(29)7-4-10-28-24-20(23-25-28)16-5-2-1-3-6-16/h1-3,5-6,8-9,15H,4,7,10-14H2. The first-order valence-corrected chi connectivity index (χ1v) is 10.5. The highest BCUT2D eigenvalue weighted by molar-refractivity contribution is 9.10. The third kappa shape index (κ3) is 4.97. The summed E-state index contributed by atoms with van der Waals surface area (Å²) in [5, 5.41) is 12.6. The number of halogens is 1. The molecule has 2 aromatic heterocycles. The molecule has 0 saturated carbocycles. The van der Waals surface area contributed by atoms with Crippen LogP contribution in [0.1, 0.15) is 12.8 Å². The molecule has 3 aromatic rings. The number of nitrogens with zero attached hydrogens (tertiary/aromatic N) is 7. The Morgan fingerprint density at radius 1 is 1.03 bits per heavy atom. The van der Waals surface area contributed by atoms with Gasteiger partial charge >= 0.3 is 0 Å². The van der Waals surface area contributed by atoms with Crippen molar-refractivity contribution >= 4 is 27.7 Å². The summed E-state index contributed by atoms with van der Waals surface area (Å²) in [5.74, 6) is 1.73. The average molecular weight is 456 g/mol. The first-order chi connectivity index (χ1) is 14.2. The van der Waals surface area contributed by atoms with Crippen LogP contribution in [0.15, 0.2) is 53.1 Å². The number of rotatable bonds is 6. The quantitative estimate of drug-likeness (QED) is 0.568. The second-order valence-electron chi connectivity index (χ2n) is 6.88. The van der Waals surface area contributed by atoms with E-state index in [2.05, 4.69) is 41.2 Å². The third-order valence-electron chi connectivity index (χ3n) is 4.90. The van der Waals surface area contributed by atoms with E-state index in [0.717, 1.165) is 42.0 Å². The summed E-state index contributed by atoms with van der Waals surface area (Å²) in [5.41, 5.74) is 0.938. The van der Waals surface area contributed by atoms with Crippen LogP contribution in [0.2, 0.25) is 0 Å². The van der Waals surface area contributed by atoms with Gasteiger partial charge in [-0.25, -0.2) is 4.98 Å². The van der Waals surface area contributed by atoms with E-state index >= 15 is 0 Å². The summed E-state index contributed by atoms with van der Waals surface area (Å²) in [4.78, 5) is 22.7. The number of aryl methyl sites for hydroxylation is 1. The number of benzene rings is 1. The van der Waals surface area contributed by atoms with Crippen molar-refractivity contribution in [3.05, 3.63) is 53.1 Å². The number of piperazine rings is 1. The van der Waals surface area contributed by atoms with Crippen LogP contribution in [0, 0.1) is 0 Å². The van der Waals surface area contributed by atoms with Gasteiger partial charge < -0.3 is 9.80 Å². The molecule has 1 aromatic carbocycles. The van der Waals surface area contributed by atoms with E-state index in [9.17, 15) is 4.79 Å². The lowest BCUT2D eigenvalue weighted by molar-refractivity contribution is -0.131. The van der Waals surface area contributed by atoms with Crippen LogP contribution < -0.4 is 4.90 Å². The largest absolute Gasteiger partial charge is 0.353 e. The zero-order valence-corrected chi connectivity index (χ0v) is 17.6. The van der Waals surface area contributed by atoms with Crippen LogP contribution >= 0.6 is 15.9 Å². The Morgan fingerprint density at radius 3 is 2.55 bits per heavy atom. The van der Waals surface area contributed by atoms with Crippen molar-refractivity contribution in [3.63, 3.8) is 0 Å². The van der Waals surface area contributed by atoms with Crippen molar-refractivity contribution in [1.29, 1.82) is 0 Å². The fourth-order valence-electron chi connectivity index (χ4n) is 3.31. The van der Waals surface area contributed by atoms with Gasteiger partial charge in [0.15, 0.2) is 0 Å². The minimum atomic E-state index is 0.178. The number of hydrogen-bond acceptors (Lipinski definition) is 6. The summed E-state index contributed by atoms with van der Waals surface area (Å²) >= 11 is 3.40. The molecule has 4 rings (SSSR count). The van der Waals surface area contributed by atoms with Crippen molar-refractivity contribution in [2.75, 3.05) is 31.1 Å². The van der Waals surface area contributed by atoms with Gasteiger partial charge in [0.1, 0.15) is 5.82 Å². The molecule has 1 fully saturated rings. The second-order valence-corrected chi connectivity index (χ2v) is 7.80. The molecule has 8 nitrogen and oxygen atoms in total. The molecule has 150 valence electrons. The van der Waals surface area contributed by atoms with Crippen LogP contribution in [0.25, 0.3) is 11.4 Å². The molecule has 1 aliphatic heterocycles. The summed E-state index contributed by atoms with van der Waals surface area (Å²) in [6.07, 6.45) is 2.98. The maximum Gasteiger partial charge on any atom is 0.222 e. The Bertz CT molecular complexity index is 937. The average Bonchev–Trinajstić information content (AvgIpc) is 3.24. The van der Waals surface area contributed by atoms with Gasteiger partial charge in [0.05, 0.1) is 6.54 Å². The summed E-state index contributed by atoms with van der Waals surface area (Å²) in [6.45, 7) is 3.61. The highest BCUT2D eigenvalue weighted by Gasteiger charge is 2.21. The lowest BCUT2D eigenvalue weighted by atomic mass is 10.2. The zero-order chi connectivity index (χ0) is 20.1. The Labute approximate surface area is 177 Å². The van der Waals surface area contributed by atoms with Crippen LogP contribution in [0.5, 0.6) is 0 Å². The number of carbonyl (C=O) groups is 1. The molecule has 3 heterocycles. The molecular weight excluding hydrogens is 434 g/mol. The van der Waals surface area contributed by atoms with E-state index in [4.69, 9.17) is 0 Å². The smallest absolute Gasteiger partial charge is 0.222 e. The van der Waals surface area contributed by atoms with Gasteiger partial charge in [-0.15, -0.1) is 10.2 Å². The maximum atomic E-state index is 12.5. The molecule has 0 N–H and O–H groups in total. The monoisotopic (exact) mass is 455 g/mol. The number of aromatic nitrogens is 5. The number of carbonyl (C=O) groups excluding carboxylic acids is 1. The topological polar surface area (TPSA) is 80.0 Å². The van der Waals surface area contributed by atoms with Gasteiger partial charge in [-0.05, 0) is 39.7 Å². The number of anilines is 1. The van der Waals surface area contributed by atoms with Crippen molar-refractivity contribution < 1.29 is 4.79 Å². The zero-order valence-electron chi connectivity index (χ0n) is 16.0. The lowest BCUT2D eigenvalue weighted by Gasteiger charge is -2.35. The Kier molecular flexibility index (Phi) is 6.14. The molecule has 29 heavy (non-hydrogen) atoms. The van der Waals surface area contributed by atoms with Gasteiger partial charge in [0, 0.05) is 48.8 Å². The van der Waals surface area contributed by atoms with Crippen molar-refractivity contribution in [2.24, 2.45) is 0 Å². The molecule has 0 atom stereocenters. The molecule has 0 spiro atoms. The molecule has 1 amide bonds. The van der Waals surface area contributed by atoms with Gasteiger partial charge in [0.2, 0.25) is 11.7 Å². The number of tetrazole rings is 1. The fraction of sp³-hybridized carbons (Fsp3) is 0.350. The molecule has 0 unspecified atom stereocenters. The maximum absolute atomic E-state index is 12.5. The van der Waals surface area contributed by atoms with Crippen LogP contribution in [-0.2, 0) is 11.3 Å². The van der Waals surface area contributed by atoms with Crippen LogP contribution in [-0.4, -0.2) is 62.2 Å². The minimum Gasteiger partial charge on any atom is -0.353 e. The minimum absolute atomic E-state index is 0.178. The number of amides is 1. The first kappa shape index (κ1) is 19.5. The fourth-order valence-corrected chi connectivity index (χ4v) is 3.55. The van der Waals surface area contributed by atoms with Crippen molar-refractivity contribution in [3.8, 4) is 11.4 Å². The molecule has 0 bridgehead atoms. The van der Waals surface area contributed by atoms with Gasteiger partial charge in [0.25, 0.3) is 0 Å². The summed E-state index contributed by atoms with van der Waals surface area (Å²) in [6, 6.07) is 13.7. The van der Waals surface area contributed by atoms with E-state index in [-0.39, 0.29) is 5.91 Å². The number of pyridine rings is 1. The SMILES string of the molecule is O=C(CCCn1nnc(-c2ccccc2)n1)N1CCN(c2ccc(Br)cn2)CC1. The summed E-state index contributed by atoms with van der Waals surface area (Å²) < 4.78 is 0.966.